The van der Waals surface area contributed by atoms with Crippen molar-refractivity contribution in [1.29, 1.82) is 0 Å². The number of rotatable bonds is 17. The number of ether oxygens (including phenoxy) is 4. The second-order valence-corrected chi connectivity index (χ2v) is 6.71. The van der Waals surface area contributed by atoms with Crippen molar-refractivity contribution in [3.63, 3.8) is 0 Å². The molecule has 0 atom stereocenters. The molecular formula is C19H36O7. The molecule has 0 radical (unpaired) electrons. The van der Waals surface area contributed by atoms with Gasteiger partial charge >= 0.3 is 5.97 Å². The van der Waals surface area contributed by atoms with Crippen molar-refractivity contribution in [2.75, 3.05) is 59.5 Å². The number of carbonyl (C=O) groups excluding carboxylic acids is 1. The van der Waals surface area contributed by atoms with E-state index in [4.69, 9.17) is 18.9 Å². The standard InChI is InChI=1S/C19H36O7/c1-5-7-23-12-19(13-24-8-6-2,15-26-18(22)16(3)4)14-25-11-17(9-20)10-21/h17,20-21H,3,5-15H2,1-2,4H3. The zero-order chi connectivity index (χ0) is 19.8. The van der Waals surface area contributed by atoms with Gasteiger partial charge in [0.05, 0.1) is 45.1 Å². The monoisotopic (exact) mass is 376 g/mol. The van der Waals surface area contributed by atoms with Crippen LogP contribution in [0.5, 0.6) is 0 Å². The van der Waals surface area contributed by atoms with Gasteiger partial charge in [0.2, 0.25) is 0 Å². The van der Waals surface area contributed by atoms with Crippen LogP contribution in [0.2, 0.25) is 0 Å². The minimum atomic E-state index is -0.662. The molecule has 0 spiro atoms. The fourth-order valence-corrected chi connectivity index (χ4v) is 2.06. The van der Waals surface area contributed by atoms with Gasteiger partial charge in [0, 0.05) is 24.7 Å². The van der Waals surface area contributed by atoms with Gasteiger partial charge in [-0.05, 0) is 19.8 Å². The number of aliphatic hydroxyl groups is 2. The second kappa shape index (κ2) is 15.1. The van der Waals surface area contributed by atoms with Gasteiger partial charge in [0.15, 0.2) is 0 Å². The maximum atomic E-state index is 11.8. The molecule has 0 aliphatic heterocycles. The molecule has 0 unspecified atom stereocenters. The molecule has 154 valence electrons. The zero-order valence-corrected chi connectivity index (χ0v) is 16.5. The van der Waals surface area contributed by atoms with Crippen molar-refractivity contribution in [3.05, 3.63) is 12.2 Å². The van der Waals surface area contributed by atoms with Gasteiger partial charge in [-0.15, -0.1) is 0 Å². The lowest BCUT2D eigenvalue weighted by Gasteiger charge is -2.33. The molecule has 0 aromatic rings. The van der Waals surface area contributed by atoms with Gasteiger partial charge in [0.25, 0.3) is 0 Å². The maximum Gasteiger partial charge on any atom is 0.333 e. The van der Waals surface area contributed by atoms with E-state index >= 15 is 0 Å². The molecule has 0 aliphatic carbocycles. The number of aliphatic hydroxyl groups excluding tert-OH is 2. The highest BCUT2D eigenvalue weighted by molar-refractivity contribution is 5.86. The summed E-state index contributed by atoms with van der Waals surface area (Å²) in [6, 6.07) is 0. The second-order valence-electron chi connectivity index (χ2n) is 6.71. The Balaban J connectivity index is 5.00. The summed E-state index contributed by atoms with van der Waals surface area (Å²) in [4.78, 5) is 11.8. The highest BCUT2D eigenvalue weighted by Crippen LogP contribution is 2.22. The van der Waals surface area contributed by atoms with Gasteiger partial charge < -0.3 is 29.2 Å². The lowest BCUT2D eigenvalue weighted by Crippen LogP contribution is -2.43. The molecule has 0 amide bonds. The Morgan fingerprint density at radius 2 is 1.46 bits per heavy atom. The van der Waals surface area contributed by atoms with Crippen molar-refractivity contribution < 1.29 is 34.0 Å². The summed E-state index contributed by atoms with van der Waals surface area (Å²) in [6.45, 7) is 11.2. The summed E-state index contributed by atoms with van der Waals surface area (Å²) < 4.78 is 22.5. The van der Waals surface area contributed by atoms with Gasteiger partial charge in [-0.2, -0.15) is 0 Å². The summed E-state index contributed by atoms with van der Waals surface area (Å²) >= 11 is 0. The molecule has 0 aromatic carbocycles. The summed E-state index contributed by atoms with van der Waals surface area (Å²) in [7, 11) is 0. The van der Waals surface area contributed by atoms with E-state index in [1.807, 2.05) is 13.8 Å². The smallest absolute Gasteiger partial charge is 0.333 e. The van der Waals surface area contributed by atoms with Crippen LogP contribution in [0.15, 0.2) is 12.2 Å². The lowest BCUT2D eigenvalue weighted by atomic mass is 9.92. The SMILES string of the molecule is C=C(C)C(=O)OCC(COCCC)(COCCC)COCC(CO)CO. The van der Waals surface area contributed by atoms with Crippen LogP contribution in [0.1, 0.15) is 33.6 Å². The lowest BCUT2D eigenvalue weighted by molar-refractivity contribution is -0.152. The van der Waals surface area contributed by atoms with Gasteiger partial charge in [0.1, 0.15) is 6.61 Å². The minimum Gasteiger partial charge on any atom is -0.461 e. The van der Waals surface area contributed by atoms with Crippen LogP contribution >= 0.6 is 0 Å². The Hall–Kier alpha value is -0.990. The Bertz CT molecular complexity index is 370. The van der Waals surface area contributed by atoms with E-state index in [-0.39, 0.29) is 39.0 Å². The first-order chi connectivity index (χ1) is 12.4. The molecule has 7 heteroatoms. The molecule has 0 saturated heterocycles. The molecule has 0 fully saturated rings. The van der Waals surface area contributed by atoms with Crippen molar-refractivity contribution in [2.45, 2.75) is 33.6 Å². The van der Waals surface area contributed by atoms with Crippen LogP contribution < -0.4 is 0 Å². The molecule has 0 rings (SSSR count). The number of hydrogen-bond donors (Lipinski definition) is 2. The number of hydrogen-bond acceptors (Lipinski definition) is 7. The van der Waals surface area contributed by atoms with E-state index in [0.717, 1.165) is 12.8 Å². The molecule has 26 heavy (non-hydrogen) atoms. The molecule has 0 aromatic heterocycles. The van der Waals surface area contributed by atoms with E-state index in [1.165, 1.54) is 0 Å². The molecule has 0 bridgehead atoms. The van der Waals surface area contributed by atoms with Crippen molar-refractivity contribution >= 4 is 5.97 Å². The summed E-state index contributed by atoms with van der Waals surface area (Å²) in [6.07, 6.45) is 1.74. The van der Waals surface area contributed by atoms with E-state index < -0.39 is 11.4 Å². The van der Waals surface area contributed by atoms with E-state index in [9.17, 15) is 15.0 Å². The van der Waals surface area contributed by atoms with Gasteiger partial charge in [-0.1, -0.05) is 20.4 Å². The molecular weight excluding hydrogens is 340 g/mol. The first kappa shape index (κ1) is 25.0. The Morgan fingerprint density at radius 1 is 0.962 bits per heavy atom. The zero-order valence-electron chi connectivity index (χ0n) is 16.5. The topological polar surface area (TPSA) is 94.5 Å². The molecule has 0 aliphatic rings. The third kappa shape index (κ3) is 10.9. The van der Waals surface area contributed by atoms with Crippen LogP contribution in [0.3, 0.4) is 0 Å². The third-order valence-electron chi connectivity index (χ3n) is 3.65. The Morgan fingerprint density at radius 3 is 1.88 bits per heavy atom. The normalized spacial score (nSPS) is 11.8. The Kier molecular flexibility index (Phi) is 14.5. The van der Waals surface area contributed by atoms with Crippen LogP contribution in [0.4, 0.5) is 0 Å². The summed E-state index contributed by atoms with van der Waals surface area (Å²) in [5, 5.41) is 18.3. The highest BCUT2D eigenvalue weighted by atomic mass is 16.5. The summed E-state index contributed by atoms with van der Waals surface area (Å²) in [5.74, 6) is -0.817. The van der Waals surface area contributed by atoms with Crippen molar-refractivity contribution in [1.82, 2.24) is 0 Å². The van der Waals surface area contributed by atoms with Crippen LogP contribution in [-0.2, 0) is 23.7 Å². The predicted molar refractivity (Wildman–Crippen MR) is 98.9 cm³/mol. The van der Waals surface area contributed by atoms with Gasteiger partial charge in [-0.3, -0.25) is 0 Å². The highest BCUT2D eigenvalue weighted by Gasteiger charge is 2.34. The molecule has 2 N–H and O–H groups in total. The minimum absolute atomic E-state index is 0.0784. The van der Waals surface area contributed by atoms with Crippen molar-refractivity contribution in [2.24, 2.45) is 11.3 Å². The molecule has 0 heterocycles. The third-order valence-corrected chi connectivity index (χ3v) is 3.65. The number of esters is 1. The quantitative estimate of drug-likeness (QED) is 0.226. The molecule has 0 saturated carbocycles. The van der Waals surface area contributed by atoms with Crippen LogP contribution in [0.25, 0.3) is 0 Å². The summed E-state index contributed by atoms with van der Waals surface area (Å²) in [5.41, 5.74) is -0.338. The van der Waals surface area contributed by atoms with Crippen LogP contribution in [-0.4, -0.2) is 75.6 Å². The van der Waals surface area contributed by atoms with E-state index in [1.54, 1.807) is 6.92 Å². The van der Waals surface area contributed by atoms with Gasteiger partial charge in [-0.25, -0.2) is 4.79 Å². The largest absolute Gasteiger partial charge is 0.461 e. The van der Waals surface area contributed by atoms with E-state index in [0.29, 0.717) is 32.0 Å². The first-order valence-corrected chi connectivity index (χ1v) is 9.22. The fraction of sp³-hybridized carbons (Fsp3) is 0.842. The fourth-order valence-electron chi connectivity index (χ4n) is 2.06. The molecule has 7 nitrogen and oxygen atoms in total. The number of carbonyl (C=O) groups is 1. The average Bonchev–Trinajstić information content (AvgIpc) is 2.63. The van der Waals surface area contributed by atoms with Crippen molar-refractivity contribution in [3.8, 4) is 0 Å². The van der Waals surface area contributed by atoms with Crippen LogP contribution in [0, 0.1) is 11.3 Å². The average molecular weight is 376 g/mol. The predicted octanol–water partition coefficient (Wildman–Crippen LogP) is 1.56. The maximum absolute atomic E-state index is 11.8. The van der Waals surface area contributed by atoms with E-state index in [2.05, 4.69) is 6.58 Å². The Labute approximate surface area is 157 Å². The first-order valence-electron chi connectivity index (χ1n) is 9.22.